The molecule has 1 unspecified atom stereocenters. The molecule has 0 saturated carbocycles. The van der Waals surface area contributed by atoms with Crippen molar-refractivity contribution in [1.82, 2.24) is 4.98 Å². The van der Waals surface area contributed by atoms with E-state index in [1.54, 1.807) is 27.6 Å². The SMILES string of the molecule is Cc1ccnc2c(C(F)(F)P)cccc12. The number of hydrogen-bond acceptors (Lipinski definition) is 1. The van der Waals surface area contributed by atoms with E-state index in [1.165, 1.54) is 6.07 Å². The Morgan fingerprint density at radius 3 is 2.67 bits per heavy atom. The number of para-hydroxylation sites is 1. The normalized spacial score (nSPS) is 12.0. The molecule has 15 heavy (non-hydrogen) atoms. The van der Waals surface area contributed by atoms with Crippen LogP contribution in [0.5, 0.6) is 0 Å². The van der Waals surface area contributed by atoms with E-state index >= 15 is 0 Å². The molecule has 1 nitrogen and oxygen atoms in total. The summed E-state index contributed by atoms with van der Waals surface area (Å²) in [5.74, 6) is 0. The third-order valence-corrected chi connectivity index (χ3v) is 2.66. The Labute approximate surface area is 88.7 Å². The van der Waals surface area contributed by atoms with Crippen LogP contribution in [0.1, 0.15) is 11.1 Å². The minimum Gasteiger partial charge on any atom is -0.256 e. The first kappa shape index (κ1) is 10.4. The number of hydrogen-bond donors (Lipinski definition) is 0. The molecule has 2 aromatic rings. The van der Waals surface area contributed by atoms with Crippen LogP contribution in [-0.2, 0) is 5.66 Å². The lowest BCUT2D eigenvalue weighted by molar-refractivity contribution is 0.105. The molecule has 0 aliphatic carbocycles. The van der Waals surface area contributed by atoms with Gasteiger partial charge in [0.05, 0.1) is 11.1 Å². The van der Waals surface area contributed by atoms with Gasteiger partial charge in [0.25, 0.3) is 5.66 Å². The smallest absolute Gasteiger partial charge is 0.256 e. The maximum Gasteiger partial charge on any atom is 0.285 e. The van der Waals surface area contributed by atoms with E-state index in [4.69, 9.17) is 0 Å². The van der Waals surface area contributed by atoms with Crippen LogP contribution in [0.2, 0.25) is 0 Å². The largest absolute Gasteiger partial charge is 0.285 e. The predicted molar refractivity (Wildman–Crippen MR) is 60.1 cm³/mol. The molecule has 1 aromatic heterocycles. The summed E-state index contributed by atoms with van der Waals surface area (Å²) < 4.78 is 26.5. The first-order valence-corrected chi connectivity index (χ1v) is 5.09. The van der Waals surface area contributed by atoms with Crippen LogP contribution in [0.3, 0.4) is 0 Å². The lowest BCUT2D eigenvalue weighted by Crippen LogP contribution is -2.04. The fraction of sp³-hybridized carbons (Fsp3) is 0.182. The zero-order valence-corrected chi connectivity index (χ0v) is 9.32. The lowest BCUT2D eigenvalue weighted by Gasteiger charge is -2.13. The van der Waals surface area contributed by atoms with Crippen molar-refractivity contribution in [2.24, 2.45) is 0 Å². The average molecular weight is 225 g/mol. The highest BCUT2D eigenvalue weighted by Crippen LogP contribution is 2.38. The van der Waals surface area contributed by atoms with Crippen LogP contribution in [-0.4, -0.2) is 4.98 Å². The summed E-state index contributed by atoms with van der Waals surface area (Å²) in [6.45, 7) is 1.88. The number of aromatic nitrogens is 1. The summed E-state index contributed by atoms with van der Waals surface area (Å²) in [6.07, 6.45) is 1.55. The molecule has 1 atom stereocenters. The Balaban J connectivity index is 2.83. The highest BCUT2D eigenvalue weighted by molar-refractivity contribution is 7.17. The fourth-order valence-electron chi connectivity index (χ4n) is 1.58. The second-order valence-corrected chi connectivity index (χ2v) is 4.18. The summed E-state index contributed by atoms with van der Waals surface area (Å²) in [7, 11) is 1.55. The first-order valence-electron chi connectivity index (χ1n) is 4.51. The van der Waals surface area contributed by atoms with Gasteiger partial charge in [-0.25, -0.2) is 0 Å². The van der Waals surface area contributed by atoms with Gasteiger partial charge in [0.1, 0.15) is 0 Å². The van der Waals surface area contributed by atoms with E-state index in [2.05, 4.69) is 4.98 Å². The lowest BCUT2D eigenvalue weighted by atomic mass is 10.1. The minimum atomic E-state index is -2.93. The summed E-state index contributed by atoms with van der Waals surface area (Å²) in [5, 5.41) is 0.775. The Bertz CT molecular complexity index is 505. The van der Waals surface area contributed by atoms with Gasteiger partial charge in [-0.3, -0.25) is 4.98 Å². The number of benzene rings is 1. The molecule has 0 N–H and O–H groups in total. The first-order chi connectivity index (χ1) is 7.00. The number of nitrogens with zero attached hydrogens (tertiary/aromatic N) is 1. The fourth-order valence-corrected chi connectivity index (χ4v) is 1.82. The van der Waals surface area contributed by atoms with E-state index in [0.29, 0.717) is 5.52 Å². The summed E-state index contributed by atoms with van der Waals surface area (Å²) in [4.78, 5) is 4.02. The van der Waals surface area contributed by atoms with E-state index in [-0.39, 0.29) is 5.56 Å². The van der Waals surface area contributed by atoms with Gasteiger partial charge in [-0.15, -0.1) is 0 Å². The number of pyridine rings is 1. The van der Waals surface area contributed by atoms with Crippen LogP contribution >= 0.6 is 9.24 Å². The molecule has 0 amide bonds. The third kappa shape index (κ3) is 1.84. The summed E-state index contributed by atoms with van der Waals surface area (Å²) in [6, 6.07) is 6.65. The van der Waals surface area contributed by atoms with Crippen molar-refractivity contribution in [1.29, 1.82) is 0 Å². The predicted octanol–water partition coefficient (Wildman–Crippen LogP) is 3.47. The Morgan fingerprint density at radius 1 is 1.27 bits per heavy atom. The molecule has 0 spiro atoms. The van der Waals surface area contributed by atoms with Gasteiger partial charge in [0.2, 0.25) is 0 Å². The number of alkyl halides is 2. The van der Waals surface area contributed by atoms with Gasteiger partial charge in [-0.1, -0.05) is 27.4 Å². The zero-order valence-electron chi connectivity index (χ0n) is 8.17. The Hall–Kier alpha value is -1.08. The molecule has 1 aromatic carbocycles. The molecule has 0 bridgehead atoms. The molecule has 0 aliphatic rings. The maximum atomic E-state index is 13.2. The van der Waals surface area contributed by atoms with Crippen molar-refractivity contribution < 1.29 is 8.78 Å². The quantitative estimate of drug-likeness (QED) is 0.677. The maximum absolute atomic E-state index is 13.2. The van der Waals surface area contributed by atoms with Crippen molar-refractivity contribution in [2.75, 3.05) is 0 Å². The minimum absolute atomic E-state index is 0.0475. The molecular formula is C11H10F2NP. The second-order valence-electron chi connectivity index (χ2n) is 3.45. The van der Waals surface area contributed by atoms with Crippen LogP contribution in [0.25, 0.3) is 10.9 Å². The van der Waals surface area contributed by atoms with E-state index in [9.17, 15) is 8.78 Å². The summed E-state index contributed by atoms with van der Waals surface area (Å²) >= 11 is 0. The number of fused-ring (bicyclic) bond motifs is 1. The van der Waals surface area contributed by atoms with Gasteiger partial charge in [0.15, 0.2) is 0 Å². The van der Waals surface area contributed by atoms with Crippen molar-refractivity contribution in [3.05, 3.63) is 41.6 Å². The van der Waals surface area contributed by atoms with Crippen molar-refractivity contribution in [3.8, 4) is 0 Å². The van der Waals surface area contributed by atoms with Gasteiger partial charge in [-0.2, -0.15) is 8.78 Å². The van der Waals surface area contributed by atoms with Gasteiger partial charge in [0, 0.05) is 11.6 Å². The molecule has 0 radical (unpaired) electrons. The highest BCUT2D eigenvalue weighted by atomic mass is 31.0. The van der Waals surface area contributed by atoms with Gasteiger partial charge < -0.3 is 0 Å². The summed E-state index contributed by atoms with van der Waals surface area (Å²) in [5.41, 5.74) is -1.65. The monoisotopic (exact) mass is 225 g/mol. The second kappa shape index (κ2) is 3.49. The number of aryl methyl sites for hydroxylation is 1. The molecule has 0 saturated heterocycles. The third-order valence-electron chi connectivity index (χ3n) is 2.35. The number of rotatable bonds is 1. The van der Waals surface area contributed by atoms with Crippen molar-refractivity contribution in [2.45, 2.75) is 12.6 Å². The van der Waals surface area contributed by atoms with Crippen molar-refractivity contribution in [3.63, 3.8) is 0 Å². The van der Waals surface area contributed by atoms with Crippen LogP contribution in [0.4, 0.5) is 8.78 Å². The molecule has 2 rings (SSSR count). The number of halogens is 2. The molecular weight excluding hydrogens is 215 g/mol. The Kier molecular flexibility index (Phi) is 2.43. The van der Waals surface area contributed by atoms with E-state index < -0.39 is 5.66 Å². The molecule has 0 aliphatic heterocycles. The molecule has 0 fully saturated rings. The van der Waals surface area contributed by atoms with Crippen LogP contribution < -0.4 is 0 Å². The topological polar surface area (TPSA) is 12.9 Å². The zero-order chi connectivity index (χ0) is 11.1. The highest BCUT2D eigenvalue weighted by Gasteiger charge is 2.27. The van der Waals surface area contributed by atoms with Gasteiger partial charge >= 0.3 is 0 Å². The molecule has 78 valence electrons. The van der Waals surface area contributed by atoms with Crippen molar-refractivity contribution >= 4 is 20.1 Å². The molecule has 4 heteroatoms. The van der Waals surface area contributed by atoms with E-state index in [0.717, 1.165) is 10.9 Å². The van der Waals surface area contributed by atoms with Crippen LogP contribution in [0.15, 0.2) is 30.5 Å². The standard InChI is InChI=1S/C11H10F2NP/c1-7-5-6-14-10-8(7)3-2-4-9(10)11(12,13)15/h2-6H,15H2,1H3. The van der Waals surface area contributed by atoms with Crippen LogP contribution in [0, 0.1) is 6.92 Å². The molecule has 1 heterocycles. The van der Waals surface area contributed by atoms with Gasteiger partial charge in [-0.05, 0) is 18.6 Å². The average Bonchev–Trinajstić information content (AvgIpc) is 2.16. The van der Waals surface area contributed by atoms with E-state index in [1.807, 2.05) is 13.0 Å². The Morgan fingerprint density at radius 2 is 2.00 bits per heavy atom.